The van der Waals surface area contributed by atoms with Gasteiger partial charge in [0.2, 0.25) is 0 Å². The van der Waals surface area contributed by atoms with Crippen LogP contribution >= 0.6 is 12.2 Å². The molecule has 1 unspecified atom stereocenters. The molecular weight excluding hydrogens is 180 g/mol. The Kier molecular flexibility index (Phi) is 6.25. The Morgan fingerprint density at radius 1 is 1.38 bits per heavy atom. The van der Waals surface area contributed by atoms with Crippen LogP contribution in [0.1, 0.15) is 33.6 Å². The van der Waals surface area contributed by atoms with Gasteiger partial charge in [0.05, 0.1) is 11.0 Å². The second-order valence-corrected chi connectivity index (χ2v) is 4.57. The van der Waals surface area contributed by atoms with E-state index in [9.17, 15) is 0 Å². The molecular formula is C10H22N2S. The van der Waals surface area contributed by atoms with Crippen LogP contribution in [0.5, 0.6) is 0 Å². The van der Waals surface area contributed by atoms with E-state index in [0.717, 1.165) is 12.5 Å². The maximum atomic E-state index is 5.56. The molecule has 0 radical (unpaired) electrons. The molecule has 1 atom stereocenters. The average Bonchev–Trinajstić information content (AvgIpc) is 2.02. The molecule has 78 valence electrons. The van der Waals surface area contributed by atoms with Gasteiger partial charge in [0.1, 0.15) is 0 Å². The van der Waals surface area contributed by atoms with Gasteiger partial charge in [-0.1, -0.05) is 26.1 Å². The SMILES string of the molecule is CC(C)CCCN(C)C(C)C(N)=S. The summed E-state index contributed by atoms with van der Waals surface area (Å²) in [6.07, 6.45) is 2.50. The lowest BCUT2D eigenvalue weighted by Gasteiger charge is -2.23. The first-order valence-electron chi connectivity index (χ1n) is 4.94. The van der Waals surface area contributed by atoms with Crippen molar-refractivity contribution >= 4 is 17.2 Å². The Hall–Kier alpha value is -0.150. The van der Waals surface area contributed by atoms with E-state index in [0.29, 0.717) is 4.99 Å². The highest BCUT2D eigenvalue weighted by Crippen LogP contribution is 2.05. The summed E-state index contributed by atoms with van der Waals surface area (Å²) in [5, 5.41) is 0. The molecule has 13 heavy (non-hydrogen) atoms. The van der Waals surface area contributed by atoms with Crippen LogP contribution in [0, 0.1) is 5.92 Å². The number of rotatable bonds is 6. The Morgan fingerprint density at radius 2 is 1.92 bits per heavy atom. The quantitative estimate of drug-likeness (QED) is 0.668. The topological polar surface area (TPSA) is 29.3 Å². The predicted octanol–water partition coefficient (Wildman–Crippen LogP) is 2.03. The molecule has 0 saturated carbocycles. The number of nitrogens with two attached hydrogens (primary N) is 1. The minimum atomic E-state index is 0.224. The molecule has 0 spiro atoms. The fourth-order valence-electron chi connectivity index (χ4n) is 1.16. The van der Waals surface area contributed by atoms with E-state index in [4.69, 9.17) is 18.0 Å². The van der Waals surface area contributed by atoms with Gasteiger partial charge in [0, 0.05) is 0 Å². The fourth-order valence-corrected chi connectivity index (χ4v) is 1.34. The van der Waals surface area contributed by atoms with Crippen molar-refractivity contribution in [2.45, 2.75) is 39.7 Å². The van der Waals surface area contributed by atoms with Gasteiger partial charge in [0.25, 0.3) is 0 Å². The largest absolute Gasteiger partial charge is 0.392 e. The first-order valence-corrected chi connectivity index (χ1v) is 5.35. The molecule has 0 rings (SSSR count). The number of likely N-dealkylation sites (N-methyl/N-ethyl adjacent to an activating group) is 1. The van der Waals surface area contributed by atoms with Crippen molar-refractivity contribution in [1.29, 1.82) is 0 Å². The predicted molar refractivity (Wildman–Crippen MR) is 62.9 cm³/mol. The fraction of sp³-hybridized carbons (Fsp3) is 0.900. The van der Waals surface area contributed by atoms with Crippen LogP contribution in [0.25, 0.3) is 0 Å². The average molecular weight is 202 g/mol. The lowest BCUT2D eigenvalue weighted by molar-refractivity contribution is 0.298. The lowest BCUT2D eigenvalue weighted by atomic mass is 10.1. The Balaban J connectivity index is 3.61. The Labute approximate surface area is 87.5 Å². The number of thiocarbonyl (C=S) groups is 1. The summed E-state index contributed by atoms with van der Waals surface area (Å²) in [5.41, 5.74) is 5.56. The first kappa shape index (κ1) is 12.8. The van der Waals surface area contributed by atoms with Crippen molar-refractivity contribution in [2.75, 3.05) is 13.6 Å². The van der Waals surface area contributed by atoms with E-state index < -0.39 is 0 Å². The van der Waals surface area contributed by atoms with Gasteiger partial charge in [-0.2, -0.15) is 0 Å². The minimum absolute atomic E-state index is 0.224. The summed E-state index contributed by atoms with van der Waals surface area (Å²) in [7, 11) is 2.07. The molecule has 0 aliphatic heterocycles. The van der Waals surface area contributed by atoms with Crippen molar-refractivity contribution in [1.82, 2.24) is 4.90 Å². The summed E-state index contributed by atoms with van der Waals surface area (Å²) >= 11 is 4.93. The van der Waals surface area contributed by atoms with Crippen LogP contribution in [-0.2, 0) is 0 Å². The smallest absolute Gasteiger partial charge is 0.0899 e. The summed E-state index contributed by atoms with van der Waals surface area (Å²) in [6, 6.07) is 0.224. The summed E-state index contributed by atoms with van der Waals surface area (Å²) in [4.78, 5) is 2.80. The van der Waals surface area contributed by atoms with Crippen LogP contribution in [0.15, 0.2) is 0 Å². The van der Waals surface area contributed by atoms with Gasteiger partial charge in [-0.15, -0.1) is 0 Å². The minimum Gasteiger partial charge on any atom is -0.392 e. The van der Waals surface area contributed by atoms with Crippen LogP contribution in [0.2, 0.25) is 0 Å². The van der Waals surface area contributed by atoms with E-state index in [1.807, 2.05) is 0 Å². The molecule has 3 heteroatoms. The Bertz CT molecular complexity index is 157. The second kappa shape index (κ2) is 6.33. The van der Waals surface area contributed by atoms with Gasteiger partial charge in [0.15, 0.2) is 0 Å². The van der Waals surface area contributed by atoms with Crippen LogP contribution in [0.3, 0.4) is 0 Å². The molecule has 0 aromatic rings. The van der Waals surface area contributed by atoms with E-state index >= 15 is 0 Å². The highest BCUT2D eigenvalue weighted by atomic mass is 32.1. The zero-order valence-corrected chi connectivity index (χ0v) is 10.0. The lowest BCUT2D eigenvalue weighted by Crippen LogP contribution is -2.39. The third-order valence-corrected chi connectivity index (χ3v) is 2.71. The van der Waals surface area contributed by atoms with E-state index in [1.165, 1.54) is 12.8 Å². The third-order valence-electron chi connectivity index (χ3n) is 2.37. The normalized spacial score (nSPS) is 13.7. The van der Waals surface area contributed by atoms with Crippen LogP contribution < -0.4 is 5.73 Å². The molecule has 0 fully saturated rings. The summed E-state index contributed by atoms with van der Waals surface area (Å²) in [6.45, 7) is 7.63. The monoisotopic (exact) mass is 202 g/mol. The van der Waals surface area contributed by atoms with Gasteiger partial charge in [-0.05, 0) is 39.3 Å². The molecule has 0 aliphatic rings. The molecule has 0 amide bonds. The van der Waals surface area contributed by atoms with Gasteiger partial charge >= 0.3 is 0 Å². The standard InChI is InChI=1S/C10H22N2S/c1-8(2)6-5-7-12(4)9(3)10(11)13/h8-9H,5-7H2,1-4H3,(H2,11,13). The molecule has 0 saturated heterocycles. The number of hydrogen-bond donors (Lipinski definition) is 1. The molecule has 2 nitrogen and oxygen atoms in total. The molecule has 0 aromatic carbocycles. The number of nitrogens with zero attached hydrogens (tertiary/aromatic N) is 1. The molecule has 0 aromatic heterocycles. The molecule has 2 N–H and O–H groups in total. The van der Waals surface area contributed by atoms with Crippen molar-refractivity contribution in [3.8, 4) is 0 Å². The van der Waals surface area contributed by atoms with E-state index in [2.05, 4.69) is 32.7 Å². The number of hydrogen-bond acceptors (Lipinski definition) is 2. The second-order valence-electron chi connectivity index (χ2n) is 4.10. The van der Waals surface area contributed by atoms with Crippen molar-refractivity contribution in [2.24, 2.45) is 11.7 Å². The van der Waals surface area contributed by atoms with Crippen molar-refractivity contribution in [3.63, 3.8) is 0 Å². The van der Waals surface area contributed by atoms with Gasteiger partial charge < -0.3 is 5.73 Å². The Morgan fingerprint density at radius 3 is 2.31 bits per heavy atom. The van der Waals surface area contributed by atoms with Gasteiger partial charge in [-0.25, -0.2) is 0 Å². The molecule has 0 bridgehead atoms. The molecule has 0 heterocycles. The summed E-state index contributed by atoms with van der Waals surface area (Å²) < 4.78 is 0. The highest BCUT2D eigenvalue weighted by Gasteiger charge is 2.10. The maximum Gasteiger partial charge on any atom is 0.0899 e. The van der Waals surface area contributed by atoms with Gasteiger partial charge in [-0.3, -0.25) is 4.90 Å². The zero-order chi connectivity index (χ0) is 10.4. The van der Waals surface area contributed by atoms with Crippen molar-refractivity contribution < 1.29 is 0 Å². The van der Waals surface area contributed by atoms with E-state index in [1.54, 1.807) is 0 Å². The maximum absolute atomic E-state index is 5.56. The third kappa shape index (κ3) is 5.99. The first-order chi connectivity index (χ1) is 5.95. The highest BCUT2D eigenvalue weighted by molar-refractivity contribution is 7.80. The van der Waals surface area contributed by atoms with E-state index in [-0.39, 0.29) is 6.04 Å². The zero-order valence-electron chi connectivity index (χ0n) is 9.21. The summed E-state index contributed by atoms with van der Waals surface area (Å²) in [5.74, 6) is 0.786. The van der Waals surface area contributed by atoms with Crippen LogP contribution in [-0.4, -0.2) is 29.5 Å². The van der Waals surface area contributed by atoms with Crippen LogP contribution in [0.4, 0.5) is 0 Å². The van der Waals surface area contributed by atoms with Crippen molar-refractivity contribution in [3.05, 3.63) is 0 Å². The molecule has 0 aliphatic carbocycles.